The lowest BCUT2D eigenvalue weighted by molar-refractivity contribution is -0.0512. The van der Waals surface area contributed by atoms with Crippen LogP contribution in [-0.4, -0.2) is 19.8 Å². The first-order valence-corrected chi connectivity index (χ1v) is 5.09. The molecule has 0 aliphatic rings. The van der Waals surface area contributed by atoms with E-state index in [1.54, 1.807) is 24.3 Å². The Bertz CT molecular complexity index is 392. The number of hydrogen-bond donors (Lipinski definition) is 1. The third-order valence-corrected chi connectivity index (χ3v) is 2.00. The summed E-state index contributed by atoms with van der Waals surface area (Å²) in [6.45, 7) is -1.03. The predicted molar refractivity (Wildman–Crippen MR) is 62.3 cm³/mol. The van der Waals surface area contributed by atoms with Gasteiger partial charge in [-0.05, 0) is 24.6 Å². The number of ether oxygens (including phenoxy) is 2. The van der Waals surface area contributed by atoms with Gasteiger partial charge in [0.1, 0.15) is 0 Å². The molecule has 0 aromatic heterocycles. The first kappa shape index (κ1) is 13.4. The topological polar surface area (TPSA) is 44.5 Å². The molecule has 0 fully saturated rings. The van der Waals surface area contributed by atoms with Crippen LogP contribution in [0.5, 0.6) is 11.5 Å². The van der Waals surface area contributed by atoms with Crippen molar-refractivity contribution in [3.8, 4) is 11.5 Å². The molecule has 0 saturated carbocycles. The molecular weight excluding hydrogens is 228 g/mol. The maximum atomic E-state index is 12.1. The van der Waals surface area contributed by atoms with E-state index in [-0.39, 0.29) is 17.5 Å². The maximum absolute atomic E-state index is 12.1. The van der Waals surface area contributed by atoms with E-state index in [1.807, 2.05) is 6.92 Å². The highest BCUT2D eigenvalue weighted by atomic mass is 19.3. The Kier molecular flexibility index (Phi) is 4.90. The van der Waals surface area contributed by atoms with Crippen LogP contribution in [0.25, 0.3) is 6.08 Å². The van der Waals surface area contributed by atoms with E-state index in [9.17, 15) is 8.78 Å². The fourth-order valence-corrected chi connectivity index (χ4v) is 1.24. The van der Waals surface area contributed by atoms with Crippen LogP contribution in [0, 0.1) is 0 Å². The van der Waals surface area contributed by atoms with E-state index in [4.69, 9.17) is 10.5 Å². The van der Waals surface area contributed by atoms with Crippen molar-refractivity contribution in [3.05, 3.63) is 29.8 Å². The smallest absolute Gasteiger partial charge is 0.387 e. The number of nitrogens with two attached hydrogens (primary N) is 1. The molecule has 1 unspecified atom stereocenters. The van der Waals surface area contributed by atoms with Crippen LogP contribution in [0.4, 0.5) is 8.78 Å². The summed E-state index contributed by atoms with van der Waals surface area (Å²) in [6.07, 6.45) is 3.59. The van der Waals surface area contributed by atoms with Gasteiger partial charge in [0.05, 0.1) is 7.11 Å². The molecule has 94 valence electrons. The first-order chi connectivity index (χ1) is 8.02. The summed E-state index contributed by atoms with van der Waals surface area (Å²) in [5.41, 5.74) is 6.37. The zero-order valence-corrected chi connectivity index (χ0v) is 9.69. The molecule has 2 N–H and O–H groups in total. The molecule has 0 aliphatic carbocycles. The Hall–Kier alpha value is -1.62. The highest BCUT2D eigenvalue weighted by molar-refractivity contribution is 5.56. The molecule has 0 heterocycles. The fraction of sp³-hybridized carbons (Fsp3) is 0.333. The van der Waals surface area contributed by atoms with Gasteiger partial charge in [-0.2, -0.15) is 8.78 Å². The molecule has 3 nitrogen and oxygen atoms in total. The SMILES string of the molecule is COc1cc(/C=C/C(C)N)ccc1OC(F)F. The largest absolute Gasteiger partial charge is 0.493 e. The van der Waals surface area contributed by atoms with Gasteiger partial charge in [-0.25, -0.2) is 0 Å². The van der Waals surface area contributed by atoms with Crippen LogP contribution in [-0.2, 0) is 0 Å². The summed E-state index contributed by atoms with van der Waals surface area (Å²) in [6, 6.07) is 4.62. The molecule has 1 aromatic rings. The van der Waals surface area contributed by atoms with Crippen LogP contribution < -0.4 is 15.2 Å². The Morgan fingerprint density at radius 1 is 1.29 bits per heavy atom. The number of rotatable bonds is 5. The minimum Gasteiger partial charge on any atom is -0.493 e. The summed E-state index contributed by atoms with van der Waals surface area (Å²) in [5.74, 6) is 0.276. The fourth-order valence-electron chi connectivity index (χ4n) is 1.24. The zero-order valence-electron chi connectivity index (χ0n) is 9.69. The summed E-state index contributed by atoms with van der Waals surface area (Å²) in [4.78, 5) is 0. The quantitative estimate of drug-likeness (QED) is 0.864. The molecule has 0 radical (unpaired) electrons. The van der Waals surface area contributed by atoms with Gasteiger partial charge in [-0.3, -0.25) is 0 Å². The number of benzene rings is 1. The van der Waals surface area contributed by atoms with Crippen molar-refractivity contribution in [2.75, 3.05) is 7.11 Å². The highest BCUT2D eigenvalue weighted by Crippen LogP contribution is 2.29. The second-order valence-corrected chi connectivity index (χ2v) is 3.51. The Labute approximate surface area is 98.8 Å². The molecule has 1 atom stereocenters. The van der Waals surface area contributed by atoms with Crippen LogP contribution in [0.1, 0.15) is 12.5 Å². The van der Waals surface area contributed by atoms with E-state index in [2.05, 4.69) is 4.74 Å². The molecule has 1 rings (SSSR count). The molecule has 0 amide bonds. The minimum absolute atomic E-state index is 0.0143. The number of alkyl halides is 2. The van der Waals surface area contributed by atoms with Gasteiger partial charge in [0.25, 0.3) is 0 Å². The Balaban J connectivity index is 2.92. The highest BCUT2D eigenvalue weighted by Gasteiger charge is 2.10. The molecule has 17 heavy (non-hydrogen) atoms. The summed E-state index contributed by atoms with van der Waals surface area (Å²) >= 11 is 0. The van der Waals surface area contributed by atoms with Gasteiger partial charge < -0.3 is 15.2 Å². The van der Waals surface area contributed by atoms with Crippen molar-refractivity contribution in [2.45, 2.75) is 19.6 Å². The van der Waals surface area contributed by atoms with Gasteiger partial charge >= 0.3 is 6.61 Å². The first-order valence-electron chi connectivity index (χ1n) is 5.09. The van der Waals surface area contributed by atoms with Crippen molar-refractivity contribution in [2.24, 2.45) is 5.73 Å². The van der Waals surface area contributed by atoms with Gasteiger partial charge in [0.2, 0.25) is 0 Å². The lowest BCUT2D eigenvalue weighted by Crippen LogP contribution is -2.09. The summed E-state index contributed by atoms with van der Waals surface area (Å²) in [7, 11) is 1.40. The van der Waals surface area contributed by atoms with Crippen LogP contribution in [0.15, 0.2) is 24.3 Å². The normalized spacial score (nSPS) is 13.1. The van der Waals surface area contributed by atoms with E-state index in [1.165, 1.54) is 13.2 Å². The van der Waals surface area contributed by atoms with Crippen molar-refractivity contribution in [1.82, 2.24) is 0 Å². The molecule has 0 spiro atoms. The van der Waals surface area contributed by atoms with Gasteiger partial charge in [0, 0.05) is 6.04 Å². The summed E-state index contributed by atoms with van der Waals surface area (Å²) < 4.78 is 33.4. The summed E-state index contributed by atoms with van der Waals surface area (Å²) in [5, 5.41) is 0. The van der Waals surface area contributed by atoms with Crippen LogP contribution in [0.2, 0.25) is 0 Å². The average molecular weight is 243 g/mol. The molecule has 0 bridgehead atoms. The van der Waals surface area contributed by atoms with Crippen molar-refractivity contribution in [3.63, 3.8) is 0 Å². The van der Waals surface area contributed by atoms with E-state index >= 15 is 0 Å². The Morgan fingerprint density at radius 2 is 2.00 bits per heavy atom. The second-order valence-electron chi connectivity index (χ2n) is 3.51. The van der Waals surface area contributed by atoms with Crippen molar-refractivity contribution < 1.29 is 18.3 Å². The van der Waals surface area contributed by atoms with Crippen LogP contribution in [0.3, 0.4) is 0 Å². The lowest BCUT2D eigenvalue weighted by Gasteiger charge is -2.10. The number of halogens is 2. The Morgan fingerprint density at radius 3 is 2.53 bits per heavy atom. The maximum Gasteiger partial charge on any atom is 0.387 e. The third kappa shape index (κ3) is 4.40. The number of hydrogen-bond acceptors (Lipinski definition) is 3. The third-order valence-electron chi connectivity index (χ3n) is 2.00. The predicted octanol–water partition coefficient (Wildman–Crippen LogP) is 2.66. The van der Waals surface area contributed by atoms with Gasteiger partial charge in [0.15, 0.2) is 11.5 Å². The molecule has 0 saturated heterocycles. The standard InChI is InChI=1S/C12H15F2NO2/c1-8(15)3-4-9-5-6-10(17-12(13)14)11(7-9)16-2/h3-8,12H,15H2,1-2H3/b4-3+. The molecule has 1 aromatic carbocycles. The van der Waals surface area contributed by atoms with Crippen molar-refractivity contribution in [1.29, 1.82) is 0 Å². The minimum atomic E-state index is -2.87. The van der Waals surface area contributed by atoms with Gasteiger partial charge in [-0.1, -0.05) is 18.2 Å². The zero-order chi connectivity index (χ0) is 12.8. The molecule has 0 aliphatic heterocycles. The monoisotopic (exact) mass is 243 g/mol. The second kappa shape index (κ2) is 6.20. The van der Waals surface area contributed by atoms with E-state index in [0.717, 1.165) is 5.56 Å². The molecule has 5 heteroatoms. The lowest BCUT2D eigenvalue weighted by atomic mass is 10.1. The van der Waals surface area contributed by atoms with E-state index < -0.39 is 6.61 Å². The van der Waals surface area contributed by atoms with Crippen LogP contribution >= 0.6 is 0 Å². The van der Waals surface area contributed by atoms with Gasteiger partial charge in [-0.15, -0.1) is 0 Å². The average Bonchev–Trinajstić information content (AvgIpc) is 2.26. The van der Waals surface area contributed by atoms with E-state index in [0.29, 0.717) is 0 Å². The van der Waals surface area contributed by atoms with Crippen molar-refractivity contribution >= 4 is 6.08 Å². The number of methoxy groups -OCH3 is 1. The molecular formula is C12H15F2NO2.